The summed E-state index contributed by atoms with van der Waals surface area (Å²) in [6.45, 7) is 0. The van der Waals surface area contributed by atoms with Crippen LogP contribution in [0.2, 0.25) is 0 Å². The van der Waals surface area contributed by atoms with Crippen LogP contribution in [0.25, 0.3) is 0 Å². The minimum atomic E-state index is -3.07. The molecule has 0 aliphatic rings. The Bertz CT molecular complexity index is 268. The summed E-state index contributed by atoms with van der Waals surface area (Å²) in [6, 6.07) is 2.55. The summed E-state index contributed by atoms with van der Waals surface area (Å²) < 4.78 is 60.8. The van der Waals surface area contributed by atoms with E-state index in [4.69, 9.17) is 0 Å². The molecule has 0 nitrogen and oxygen atoms in total. The van der Waals surface area contributed by atoms with Gasteiger partial charge in [-0.2, -0.15) is 0 Å². The molecule has 0 heterocycles. The molecule has 0 bridgehead atoms. The van der Waals surface area contributed by atoms with E-state index in [9.17, 15) is 22.0 Å². The molecule has 0 saturated carbocycles. The number of alkyl halides is 4. The zero-order valence-corrected chi connectivity index (χ0v) is 6.28. The smallest absolute Gasteiger partial charge is 0.206 e. The Morgan fingerprint density at radius 1 is 0.846 bits per heavy atom. The highest BCUT2D eigenvalue weighted by molar-refractivity contribution is 5.27. The molecule has 1 rings (SSSR count). The van der Waals surface area contributed by atoms with Crippen LogP contribution < -0.4 is 0 Å². The summed E-state index contributed by atoms with van der Waals surface area (Å²) in [5, 5.41) is 0. The summed E-state index contributed by atoms with van der Waals surface area (Å²) >= 11 is 0. The lowest BCUT2D eigenvalue weighted by Gasteiger charge is -2.05. The zero-order valence-electron chi connectivity index (χ0n) is 6.28. The summed E-state index contributed by atoms with van der Waals surface area (Å²) in [5.41, 5.74) is -1.98. The predicted octanol–water partition coefficient (Wildman–Crippen LogP) is 3.70. The Kier molecular flexibility index (Phi) is 2.85. The average molecular weight is 196 g/mol. The van der Waals surface area contributed by atoms with Gasteiger partial charge in [-0.3, -0.25) is 0 Å². The van der Waals surface area contributed by atoms with Crippen molar-refractivity contribution in [3.05, 3.63) is 35.1 Å². The van der Waals surface area contributed by atoms with E-state index >= 15 is 0 Å². The van der Waals surface area contributed by atoms with E-state index in [1.807, 2.05) is 0 Å². The highest BCUT2D eigenvalue weighted by Gasteiger charge is 2.20. The van der Waals surface area contributed by atoms with Gasteiger partial charge in [0.2, 0.25) is 0 Å². The molecule has 0 atom stereocenters. The van der Waals surface area contributed by atoms with Crippen molar-refractivity contribution in [1.29, 1.82) is 0 Å². The van der Waals surface area contributed by atoms with Gasteiger partial charge in [0.25, 0.3) is 12.9 Å². The van der Waals surface area contributed by atoms with Gasteiger partial charge in [-0.25, -0.2) is 22.0 Å². The second-order valence-electron chi connectivity index (χ2n) is 2.35. The average Bonchev–Trinajstić information content (AvgIpc) is 2.03. The number of rotatable bonds is 2. The summed E-state index contributed by atoms with van der Waals surface area (Å²) in [5.74, 6) is -1.52. The molecule has 5 heteroatoms. The third-order valence-corrected chi connectivity index (χ3v) is 1.53. The standard InChI is InChI=1S/C8H5F5/c9-6-4(7(10)11)2-1-3-5(6)8(12)13/h1-3,7-8H. The van der Waals surface area contributed by atoms with E-state index < -0.39 is 29.8 Å². The van der Waals surface area contributed by atoms with Gasteiger partial charge in [0, 0.05) is 0 Å². The van der Waals surface area contributed by atoms with Crippen LogP contribution in [-0.4, -0.2) is 0 Å². The first-order valence-electron chi connectivity index (χ1n) is 3.38. The molecule has 0 N–H and O–H groups in total. The molecular weight excluding hydrogens is 191 g/mol. The van der Waals surface area contributed by atoms with Gasteiger partial charge in [0.15, 0.2) is 0 Å². The number of benzene rings is 1. The third kappa shape index (κ3) is 1.96. The van der Waals surface area contributed by atoms with Crippen LogP contribution in [-0.2, 0) is 0 Å². The van der Waals surface area contributed by atoms with E-state index in [1.165, 1.54) is 0 Å². The van der Waals surface area contributed by atoms with Gasteiger partial charge in [-0.05, 0) is 0 Å². The topological polar surface area (TPSA) is 0 Å². The first-order chi connectivity index (χ1) is 6.04. The Balaban J connectivity index is 3.18. The van der Waals surface area contributed by atoms with Gasteiger partial charge in [-0.1, -0.05) is 18.2 Å². The molecule has 0 aliphatic heterocycles. The van der Waals surface area contributed by atoms with Crippen LogP contribution in [0.15, 0.2) is 18.2 Å². The van der Waals surface area contributed by atoms with Crippen molar-refractivity contribution in [3.63, 3.8) is 0 Å². The second kappa shape index (κ2) is 3.72. The van der Waals surface area contributed by atoms with Gasteiger partial charge in [-0.15, -0.1) is 0 Å². The molecule has 0 unspecified atom stereocenters. The number of hydrogen-bond acceptors (Lipinski definition) is 0. The lowest BCUT2D eigenvalue weighted by Crippen LogP contribution is -1.97. The van der Waals surface area contributed by atoms with E-state index in [0.29, 0.717) is 0 Å². The van der Waals surface area contributed by atoms with Crippen molar-refractivity contribution < 1.29 is 22.0 Å². The largest absolute Gasteiger partial charge is 0.266 e. The van der Waals surface area contributed by atoms with Crippen molar-refractivity contribution in [1.82, 2.24) is 0 Å². The Morgan fingerprint density at radius 2 is 1.23 bits per heavy atom. The fourth-order valence-electron chi connectivity index (χ4n) is 0.906. The molecule has 0 saturated heterocycles. The highest BCUT2D eigenvalue weighted by atomic mass is 19.3. The van der Waals surface area contributed by atoms with Crippen LogP contribution in [0.5, 0.6) is 0 Å². The first-order valence-corrected chi connectivity index (χ1v) is 3.38. The molecular formula is C8H5F5. The molecule has 1 aromatic rings. The van der Waals surface area contributed by atoms with E-state index in [-0.39, 0.29) is 0 Å². The van der Waals surface area contributed by atoms with Crippen molar-refractivity contribution in [2.24, 2.45) is 0 Å². The van der Waals surface area contributed by atoms with E-state index in [1.54, 1.807) is 0 Å². The first kappa shape index (κ1) is 9.95. The summed E-state index contributed by atoms with van der Waals surface area (Å²) in [4.78, 5) is 0. The number of halogens is 5. The molecule has 0 radical (unpaired) electrons. The van der Waals surface area contributed by atoms with Crippen LogP contribution in [0.3, 0.4) is 0 Å². The van der Waals surface area contributed by atoms with Gasteiger partial charge < -0.3 is 0 Å². The number of hydrogen-bond donors (Lipinski definition) is 0. The lowest BCUT2D eigenvalue weighted by molar-refractivity contribution is 0.134. The fourth-order valence-corrected chi connectivity index (χ4v) is 0.906. The van der Waals surface area contributed by atoms with Crippen LogP contribution in [0, 0.1) is 5.82 Å². The summed E-state index contributed by atoms with van der Waals surface area (Å²) in [6.07, 6.45) is -6.14. The van der Waals surface area contributed by atoms with Crippen LogP contribution in [0.1, 0.15) is 24.0 Å². The molecule has 0 fully saturated rings. The zero-order chi connectivity index (χ0) is 10.0. The maximum atomic E-state index is 12.8. The quantitative estimate of drug-likeness (QED) is 0.632. The van der Waals surface area contributed by atoms with Gasteiger partial charge in [0.1, 0.15) is 5.82 Å². The SMILES string of the molecule is Fc1c(C(F)F)cccc1C(F)F. The summed E-state index contributed by atoms with van der Waals surface area (Å²) in [7, 11) is 0. The van der Waals surface area contributed by atoms with E-state index in [0.717, 1.165) is 18.2 Å². The molecule has 0 amide bonds. The molecule has 0 aromatic heterocycles. The second-order valence-corrected chi connectivity index (χ2v) is 2.35. The van der Waals surface area contributed by atoms with Crippen molar-refractivity contribution >= 4 is 0 Å². The lowest BCUT2D eigenvalue weighted by atomic mass is 10.1. The molecule has 13 heavy (non-hydrogen) atoms. The minimum absolute atomic E-state index is 0.784. The molecule has 0 spiro atoms. The van der Waals surface area contributed by atoms with Crippen molar-refractivity contribution in [2.45, 2.75) is 12.9 Å². The molecule has 1 aromatic carbocycles. The third-order valence-electron chi connectivity index (χ3n) is 1.53. The maximum absolute atomic E-state index is 12.8. The van der Waals surface area contributed by atoms with E-state index in [2.05, 4.69) is 0 Å². The van der Waals surface area contributed by atoms with Crippen molar-refractivity contribution in [3.8, 4) is 0 Å². The fraction of sp³-hybridized carbons (Fsp3) is 0.250. The predicted molar refractivity (Wildman–Crippen MR) is 36.3 cm³/mol. The maximum Gasteiger partial charge on any atom is 0.266 e. The molecule has 72 valence electrons. The van der Waals surface area contributed by atoms with Crippen LogP contribution in [0.4, 0.5) is 22.0 Å². The monoisotopic (exact) mass is 196 g/mol. The Morgan fingerprint density at radius 3 is 1.54 bits per heavy atom. The minimum Gasteiger partial charge on any atom is -0.206 e. The van der Waals surface area contributed by atoms with Crippen LogP contribution >= 0.6 is 0 Å². The molecule has 0 aliphatic carbocycles. The van der Waals surface area contributed by atoms with Gasteiger partial charge in [0.05, 0.1) is 11.1 Å². The Labute approximate surface area is 71.0 Å². The normalized spacial score (nSPS) is 11.3. The Hall–Kier alpha value is -1.13. The highest BCUT2D eigenvalue weighted by Crippen LogP contribution is 2.29. The van der Waals surface area contributed by atoms with Gasteiger partial charge >= 0.3 is 0 Å². The van der Waals surface area contributed by atoms with Crippen molar-refractivity contribution in [2.75, 3.05) is 0 Å².